The molecule has 334 valence electrons. The van der Waals surface area contributed by atoms with Crippen LogP contribution in [0.3, 0.4) is 0 Å². The second-order valence-corrected chi connectivity index (χ2v) is 13.7. The van der Waals surface area contributed by atoms with Crippen molar-refractivity contribution in [2.24, 2.45) is 5.92 Å². The van der Waals surface area contributed by atoms with Gasteiger partial charge < -0.3 is 0 Å². The normalized spacial score (nSPS) is 9.06. The lowest BCUT2D eigenvalue weighted by Crippen LogP contribution is -1.82. The molecule has 0 aromatic heterocycles. The fraction of sp³-hybridized carbons (Fsp3) is 0.925. The molecule has 53 heavy (non-hydrogen) atoms. The zero-order chi connectivity index (χ0) is 43.7. The molecule has 0 aliphatic carbocycles. The molecule has 1 atom stereocenters. The highest BCUT2D eigenvalue weighted by Gasteiger charge is 1.93. The highest BCUT2D eigenvalue weighted by Crippen LogP contribution is 2.13. The van der Waals surface area contributed by atoms with Gasteiger partial charge in [-0.3, -0.25) is 0 Å². The molecule has 0 aromatic rings. The maximum Gasteiger partial charge on any atom is -0.0267 e. The Bertz CT molecular complexity index is 390. The predicted molar refractivity (Wildman–Crippen MR) is 266 cm³/mol. The lowest BCUT2D eigenvalue weighted by Gasteiger charge is -2.01. The largest absolute Gasteiger partial charge is 0.103 e. The molecule has 0 bridgehead atoms. The lowest BCUT2D eigenvalue weighted by molar-refractivity contribution is 0.542. The third kappa shape index (κ3) is 180. The average molecular weight is 760 g/mol. The van der Waals surface area contributed by atoms with E-state index in [1.165, 1.54) is 185 Å². The van der Waals surface area contributed by atoms with Crippen molar-refractivity contribution in [3.05, 3.63) is 24.8 Å². The van der Waals surface area contributed by atoms with Crippen molar-refractivity contribution >= 4 is 0 Å². The summed E-state index contributed by atoms with van der Waals surface area (Å²) < 4.78 is 0. The van der Waals surface area contributed by atoms with Crippen molar-refractivity contribution in [3.8, 4) is 0 Å². The van der Waals surface area contributed by atoms with Gasteiger partial charge in [-0.2, -0.15) is 0 Å². The third-order valence-electron chi connectivity index (χ3n) is 7.21. The Hall–Kier alpha value is -0.520. The molecule has 0 N–H and O–H groups in total. The van der Waals surface area contributed by atoms with Gasteiger partial charge >= 0.3 is 0 Å². The fourth-order valence-corrected chi connectivity index (χ4v) is 4.17. The molecular weight excluding hydrogens is 637 g/mol. The van der Waals surface area contributed by atoms with Gasteiger partial charge in [0.15, 0.2) is 0 Å². The summed E-state index contributed by atoms with van der Waals surface area (Å²) in [6.45, 7) is 49.1. The maximum absolute atomic E-state index is 3.63. The second kappa shape index (κ2) is 110. The highest BCUT2D eigenvalue weighted by molar-refractivity contribution is 4.79. The zero-order valence-corrected chi connectivity index (χ0v) is 42.9. The monoisotopic (exact) mass is 759 g/mol. The Kier molecular flexibility index (Phi) is 160. The quantitative estimate of drug-likeness (QED) is 0.0642. The number of allylic oxidation sites excluding steroid dienone is 2. The van der Waals surface area contributed by atoms with Crippen LogP contribution < -0.4 is 0 Å². The van der Waals surface area contributed by atoms with Crippen LogP contribution in [0.4, 0.5) is 0 Å². The first-order valence-corrected chi connectivity index (χ1v) is 24.9. The van der Waals surface area contributed by atoms with Crippen molar-refractivity contribution in [2.75, 3.05) is 0 Å². The SMILES string of the molecule is C=C(C)C.C=CC(C)CC.CC.CC.CC.CC.CCC.CCC.CCCCCCCCCCCCCC.CCCCCCCCCCCCCCC. The molecule has 0 saturated carbocycles. The van der Waals surface area contributed by atoms with E-state index in [1.54, 1.807) is 0 Å². The van der Waals surface area contributed by atoms with Crippen molar-refractivity contribution in [3.63, 3.8) is 0 Å². The summed E-state index contributed by atoms with van der Waals surface area (Å²) >= 11 is 0. The zero-order valence-electron chi connectivity index (χ0n) is 42.9. The van der Waals surface area contributed by atoms with E-state index in [9.17, 15) is 0 Å². The van der Waals surface area contributed by atoms with Crippen LogP contribution in [0.15, 0.2) is 24.8 Å². The predicted octanol–water partition coefficient (Wildman–Crippen LogP) is 22.5. The molecule has 0 aromatic carbocycles. The average Bonchev–Trinajstić information content (AvgIpc) is 3.18. The smallest absolute Gasteiger partial charge is 0.0267 e. The van der Waals surface area contributed by atoms with Crippen LogP contribution in [-0.2, 0) is 0 Å². The Morgan fingerprint density at radius 2 is 0.472 bits per heavy atom. The van der Waals surface area contributed by atoms with Crippen LogP contribution >= 0.6 is 0 Å². The first-order chi connectivity index (χ1) is 25.7. The molecule has 0 amide bonds. The molecule has 0 heteroatoms. The van der Waals surface area contributed by atoms with Gasteiger partial charge in [0.05, 0.1) is 0 Å². The van der Waals surface area contributed by atoms with E-state index in [0.717, 1.165) is 0 Å². The molecule has 0 heterocycles. The van der Waals surface area contributed by atoms with Crippen LogP contribution in [0.1, 0.15) is 318 Å². The Balaban J connectivity index is -0.0000000552. The minimum Gasteiger partial charge on any atom is -0.103 e. The minimum absolute atomic E-state index is 0.699. The van der Waals surface area contributed by atoms with Crippen molar-refractivity contribution in [1.29, 1.82) is 0 Å². The van der Waals surface area contributed by atoms with Crippen LogP contribution in [0, 0.1) is 5.92 Å². The molecule has 0 rings (SSSR count). The summed E-state index contributed by atoms with van der Waals surface area (Å²) in [6, 6.07) is 0. The van der Waals surface area contributed by atoms with Crippen molar-refractivity contribution < 1.29 is 0 Å². The van der Waals surface area contributed by atoms with Crippen LogP contribution in [0.5, 0.6) is 0 Å². The number of rotatable bonds is 25. The molecule has 0 fully saturated rings. The fourth-order valence-electron chi connectivity index (χ4n) is 4.17. The third-order valence-corrected chi connectivity index (χ3v) is 7.21. The summed E-state index contributed by atoms with van der Waals surface area (Å²) in [7, 11) is 0. The molecule has 0 spiro atoms. The van der Waals surface area contributed by atoms with Gasteiger partial charge in [0.25, 0.3) is 0 Å². The van der Waals surface area contributed by atoms with Crippen LogP contribution in [0.25, 0.3) is 0 Å². The van der Waals surface area contributed by atoms with E-state index >= 15 is 0 Å². The number of hydrogen-bond acceptors (Lipinski definition) is 0. The summed E-state index contributed by atoms with van der Waals surface area (Å²) in [4.78, 5) is 0. The van der Waals surface area contributed by atoms with Crippen molar-refractivity contribution in [2.45, 2.75) is 318 Å². The maximum atomic E-state index is 3.63. The lowest BCUT2D eigenvalue weighted by atomic mass is 10.1. The molecule has 1 unspecified atom stereocenters. The Morgan fingerprint density at radius 1 is 0.358 bits per heavy atom. The van der Waals surface area contributed by atoms with Gasteiger partial charge in [0, 0.05) is 0 Å². The molecule has 0 aliphatic heterocycles. The summed E-state index contributed by atoms with van der Waals surface area (Å²) in [5.74, 6) is 0.699. The minimum atomic E-state index is 0.699. The van der Waals surface area contributed by atoms with E-state index in [4.69, 9.17) is 0 Å². The van der Waals surface area contributed by atoms with E-state index in [-0.39, 0.29) is 0 Å². The first kappa shape index (κ1) is 77.1. The Labute approximate surface area is 347 Å². The number of unbranched alkanes of at least 4 members (excludes halogenated alkanes) is 23. The van der Waals surface area contributed by atoms with Crippen LogP contribution in [-0.4, -0.2) is 0 Å². The molecule has 0 nitrogen and oxygen atoms in total. The summed E-state index contributed by atoms with van der Waals surface area (Å²) in [5, 5.41) is 0. The topological polar surface area (TPSA) is 0 Å². The molecule has 0 aliphatic rings. The second-order valence-electron chi connectivity index (χ2n) is 13.7. The first-order valence-electron chi connectivity index (χ1n) is 24.9. The molecule has 0 radical (unpaired) electrons. The van der Waals surface area contributed by atoms with Gasteiger partial charge in [-0.25, -0.2) is 0 Å². The van der Waals surface area contributed by atoms with Crippen LogP contribution in [0.2, 0.25) is 0 Å². The Morgan fingerprint density at radius 3 is 0.528 bits per heavy atom. The summed E-state index contributed by atoms with van der Waals surface area (Å²) in [5.41, 5.74) is 1.17. The van der Waals surface area contributed by atoms with E-state index in [1.807, 2.05) is 75.3 Å². The molecular formula is C53H122. The van der Waals surface area contributed by atoms with Gasteiger partial charge in [0.2, 0.25) is 0 Å². The number of hydrogen-bond donors (Lipinski definition) is 0. The van der Waals surface area contributed by atoms with Gasteiger partial charge in [-0.1, -0.05) is 316 Å². The molecule has 0 saturated heterocycles. The van der Waals surface area contributed by atoms with Gasteiger partial charge in [-0.05, 0) is 19.8 Å². The standard InChI is InChI=1S/C15H32.C14H30.C6H12.C4H8.2C3H8.4C2H6/c1-3-5-7-9-11-13-15-14-12-10-8-6-4-2;1-3-5-7-9-11-13-14-12-10-8-6-4-2;1-4-6(3)5-2;1-4(2)3;2*1-3-2;4*1-2/h3-15H2,1-2H3;3-14H2,1-2H3;4,6H,1,5H2,2-3H3;1H2,2-3H3;2*3H2,1-2H3;4*1-2H3. The van der Waals surface area contributed by atoms with Gasteiger partial charge in [-0.15, -0.1) is 13.2 Å². The summed E-state index contributed by atoms with van der Waals surface area (Å²) in [6.07, 6.45) is 42.0. The van der Waals surface area contributed by atoms with E-state index in [2.05, 4.69) is 82.4 Å². The highest BCUT2D eigenvalue weighted by atomic mass is 14.0. The van der Waals surface area contributed by atoms with Crippen molar-refractivity contribution in [1.82, 2.24) is 0 Å². The van der Waals surface area contributed by atoms with E-state index < -0.39 is 0 Å². The van der Waals surface area contributed by atoms with Gasteiger partial charge in [0.1, 0.15) is 0 Å². The van der Waals surface area contributed by atoms with E-state index in [0.29, 0.717) is 5.92 Å².